The molecular weight excluding hydrogens is 120 g/mol. The van der Waals surface area contributed by atoms with E-state index in [1.165, 1.54) is 0 Å². The summed E-state index contributed by atoms with van der Waals surface area (Å²) in [5.41, 5.74) is 0. The molecule has 0 aliphatic carbocycles. The zero-order valence-electron chi connectivity index (χ0n) is 5.22. The molecule has 50 valence electrons. The van der Waals surface area contributed by atoms with E-state index in [2.05, 4.69) is 9.47 Å². The fourth-order valence-electron chi connectivity index (χ4n) is 0.517. The lowest BCUT2D eigenvalue weighted by Gasteiger charge is -2.14. The van der Waals surface area contributed by atoms with E-state index in [9.17, 15) is 4.79 Å². The van der Waals surface area contributed by atoms with Crippen molar-refractivity contribution >= 4 is 6.16 Å². The maximum atomic E-state index is 9.99. The second kappa shape index (κ2) is 2.53. The maximum absolute atomic E-state index is 9.99. The number of hydrogen-bond acceptors (Lipinski definition) is 3. The molecule has 0 saturated carbocycles. The van der Waals surface area contributed by atoms with Crippen molar-refractivity contribution in [2.24, 2.45) is 0 Å². The highest BCUT2D eigenvalue weighted by Crippen LogP contribution is 2.15. The first-order valence-corrected chi connectivity index (χ1v) is 2.92. The fraction of sp³-hybridized carbons (Fsp3) is 0.500. The van der Waals surface area contributed by atoms with Crippen LogP contribution in [0.2, 0.25) is 0 Å². The first-order chi connectivity index (χ1) is 4.33. The number of hydrogen-bond donors (Lipinski definition) is 0. The topological polar surface area (TPSA) is 35.5 Å². The minimum absolute atomic E-state index is 0.349. The first kappa shape index (κ1) is 6.13. The monoisotopic (exact) mass is 128 g/mol. The van der Waals surface area contributed by atoms with Crippen molar-refractivity contribution in [2.45, 2.75) is 19.8 Å². The van der Waals surface area contributed by atoms with E-state index in [-0.39, 0.29) is 0 Å². The Balaban J connectivity index is 2.21. The van der Waals surface area contributed by atoms with Crippen LogP contribution in [-0.2, 0) is 9.47 Å². The first-order valence-electron chi connectivity index (χ1n) is 2.92. The highest BCUT2D eigenvalue weighted by molar-refractivity contribution is 5.67. The number of ether oxygens (including phenoxy) is 2. The van der Waals surface area contributed by atoms with Crippen molar-refractivity contribution in [2.75, 3.05) is 0 Å². The highest BCUT2D eigenvalue weighted by atomic mass is 16.9. The van der Waals surface area contributed by atoms with Crippen LogP contribution in [0, 0.1) is 0 Å². The van der Waals surface area contributed by atoms with Gasteiger partial charge in [0.1, 0.15) is 0 Å². The Labute approximate surface area is 53.3 Å². The largest absolute Gasteiger partial charge is 0.524 e. The van der Waals surface area contributed by atoms with Crippen LogP contribution in [0.15, 0.2) is 12.0 Å². The van der Waals surface area contributed by atoms with Crippen LogP contribution in [0.1, 0.15) is 19.8 Å². The Hall–Kier alpha value is -0.990. The quantitative estimate of drug-likeness (QED) is 0.532. The van der Waals surface area contributed by atoms with Crippen molar-refractivity contribution in [3.63, 3.8) is 0 Å². The molecule has 1 heterocycles. The average Bonchev–Trinajstić information content (AvgIpc) is 1.78. The molecular formula is C6H8O3. The predicted octanol–water partition coefficient (Wildman–Crippen LogP) is 1.79. The molecule has 0 aromatic heterocycles. The van der Waals surface area contributed by atoms with Crippen molar-refractivity contribution in [3.8, 4) is 0 Å². The van der Waals surface area contributed by atoms with Crippen LogP contribution in [-0.4, -0.2) is 6.16 Å². The van der Waals surface area contributed by atoms with Gasteiger partial charge in [0.2, 0.25) is 0 Å². The highest BCUT2D eigenvalue weighted by Gasteiger charge is 2.22. The molecule has 1 saturated heterocycles. The van der Waals surface area contributed by atoms with Crippen molar-refractivity contribution in [3.05, 3.63) is 12.0 Å². The van der Waals surface area contributed by atoms with Crippen molar-refractivity contribution in [1.82, 2.24) is 0 Å². The Morgan fingerprint density at radius 2 is 2.22 bits per heavy atom. The van der Waals surface area contributed by atoms with Gasteiger partial charge in [-0.1, -0.05) is 13.3 Å². The van der Waals surface area contributed by atoms with Crippen molar-refractivity contribution in [1.29, 1.82) is 0 Å². The smallest absolute Gasteiger partial charge is 0.360 e. The van der Waals surface area contributed by atoms with Crippen LogP contribution >= 0.6 is 0 Å². The zero-order valence-corrected chi connectivity index (χ0v) is 5.22. The summed E-state index contributed by atoms with van der Waals surface area (Å²) >= 11 is 0. The minimum atomic E-state index is -0.600. The van der Waals surface area contributed by atoms with Gasteiger partial charge < -0.3 is 9.47 Å². The average molecular weight is 128 g/mol. The molecule has 1 fully saturated rings. The molecule has 0 unspecified atom stereocenters. The van der Waals surface area contributed by atoms with Crippen LogP contribution in [0.4, 0.5) is 4.79 Å². The summed E-state index contributed by atoms with van der Waals surface area (Å²) in [7, 11) is 0. The van der Waals surface area contributed by atoms with E-state index < -0.39 is 6.16 Å². The molecule has 1 rings (SSSR count). The fourth-order valence-corrected chi connectivity index (χ4v) is 0.517. The third kappa shape index (κ3) is 1.45. The lowest BCUT2D eigenvalue weighted by Crippen LogP contribution is -2.19. The van der Waals surface area contributed by atoms with Gasteiger partial charge in [0.05, 0.1) is 0 Å². The van der Waals surface area contributed by atoms with Gasteiger partial charge in [-0.25, -0.2) is 4.79 Å². The summed E-state index contributed by atoms with van der Waals surface area (Å²) in [6.07, 6.45) is 3.08. The third-order valence-corrected chi connectivity index (χ3v) is 0.968. The molecule has 0 spiro atoms. The summed E-state index contributed by atoms with van der Waals surface area (Å²) in [6, 6.07) is 0. The molecule has 3 nitrogen and oxygen atoms in total. The number of carbonyl (C=O) groups excluding carboxylic acids is 1. The number of rotatable bonds is 2. The van der Waals surface area contributed by atoms with E-state index in [1.807, 2.05) is 6.92 Å². The number of carbonyl (C=O) groups is 1. The molecule has 3 heteroatoms. The van der Waals surface area contributed by atoms with Gasteiger partial charge in [-0.2, -0.15) is 0 Å². The second-order valence-corrected chi connectivity index (χ2v) is 1.77. The molecule has 0 aromatic carbocycles. The van der Waals surface area contributed by atoms with Gasteiger partial charge in [-0.3, -0.25) is 0 Å². The summed E-state index contributed by atoms with van der Waals surface area (Å²) < 4.78 is 8.88. The number of unbranched alkanes of at least 4 members (excludes halogenated alkanes) is 1. The van der Waals surface area contributed by atoms with E-state index in [4.69, 9.17) is 0 Å². The SMILES string of the molecule is CCCC=C1OC(=O)O1. The number of allylic oxidation sites excluding steroid dienone is 1. The van der Waals surface area contributed by atoms with Gasteiger partial charge in [-0.15, -0.1) is 0 Å². The van der Waals surface area contributed by atoms with E-state index >= 15 is 0 Å². The van der Waals surface area contributed by atoms with Crippen molar-refractivity contribution < 1.29 is 14.3 Å². The Morgan fingerprint density at radius 1 is 1.56 bits per heavy atom. The minimum Gasteiger partial charge on any atom is -0.360 e. The van der Waals surface area contributed by atoms with E-state index in [0.717, 1.165) is 12.8 Å². The Bertz CT molecular complexity index is 138. The predicted molar refractivity (Wildman–Crippen MR) is 30.6 cm³/mol. The zero-order chi connectivity index (χ0) is 6.69. The third-order valence-electron chi connectivity index (χ3n) is 0.968. The summed E-state index contributed by atoms with van der Waals surface area (Å²) in [6.45, 7) is 2.04. The molecule has 9 heavy (non-hydrogen) atoms. The molecule has 1 aliphatic heterocycles. The van der Waals surface area contributed by atoms with E-state index in [0.29, 0.717) is 5.95 Å². The molecule has 0 radical (unpaired) electrons. The molecule has 0 amide bonds. The van der Waals surface area contributed by atoms with Crippen LogP contribution in [0.5, 0.6) is 0 Å². The van der Waals surface area contributed by atoms with Gasteiger partial charge in [-0.05, 0) is 12.5 Å². The maximum Gasteiger partial charge on any atom is 0.524 e. The Morgan fingerprint density at radius 3 is 2.67 bits per heavy atom. The number of cyclic esters (lactones) is 2. The Kier molecular flexibility index (Phi) is 1.72. The normalized spacial score (nSPS) is 15.7. The van der Waals surface area contributed by atoms with Gasteiger partial charge in [0.15, 0.2) is 0 Å². The van der Waals surface area contributed by atoms with Gasteiger partial charge in [0, 0.05) is 0 Å². The molecule has 0 aromatic rings. The van der Waals surface area contributed by atoms with Crippen LogP contribution in [0.3, 0.4) is 0 Å². The summed E-state index contributed by atoms with van der Waals surface area (Å²) in [5, 5.41) is 0. The lowest BCUT2D eigenvalue weighted by molar-refractivity contribution is -0.0267. The molecule has 1 aliphatic rings. The second-order valence-electron chi connectivity index (χ2n) is 1.77. The van der Waals surface area contributed by atoms with E-state index in [1.54, 1.807) is 6.08 Å². The summed E-state index contributed by atoms with van der Waals surface area (Å²) in [4.78, 5) is 9.99. The van der Waals surface area contributed by atoms with Gasteiger partial charge >= 0.3 is 6.16 Å². The van der Waals surface area contributed by atoms with Crippen LogP contribution < -0.4 is 0 Å². The lowest BCUT2D eigenvalue weighted by atomic mass is 10.3. The molecule has 0 bridgehead atoms. The molecule has 0 atom stereocenters. The summed E-state index contributed by atoms with van der Waals surface area (Å²) in [5.74, 6) is 0.349. The molecule has 0 N–H and O–H groups in total. The van der Waals surface area contributed by atoms with Crippen LogP contribution in [0.25, 0.3) is 0 Å². The standard InChI is InChI=1S/C6H8O3/c1-2-3-4-5-8-6(7)9-5/h4H,2-3H2,1H3. The van der Waals surface area contributed by atoms with Gasteiger partial charge in [0.25, 0.3) is 5.95 Å².